The van der Waals surface area contributed by atoms with Crippen LogP contribution < -0.4 is 10.1 Å². The maximum Gasteiger partial charge on any atom is 0.243 e. The van der Waals surface area contributed by atoms with Gasteiger partial charge in [0.2, 0.25) is 15.9 Å². The minimum atomic E-state index is -3.86. The Labute approximate surface area is 158 Å². The summed E-state index contributed by atoms with van der Waals surface area (Å²) in [6.07, 6.45) is 0. The molecule has 0 heterocycles. The first kappa shape index (κ1) is 20.2. The molecule has 0 spiro atoms. The Morgan fingerprint density at radius 2 is 1.92 bits per heavy atom. The molecule has 2 aromatic rings. The van der Waals surface area contributed by atoms with E-state index in [2.05, 4.69) is 5.32 Å². The molecule has 0 aliphatic carbocycles. The first-order chi connectivity index (χ1) is 12.3. The van der Waals surface area contributed by atoms with Crippen molar-refractivity contribution in [1.82, 2.24) is 4.31 Å². The average Bonchev–Trinajstić information content (AvgIpc) is 2.58. The zero-order valence-corrected chi connectivity index (χ0v) is 16.4. The van der Waals surface area contributed by atoms with Gasteiger partial charge in [-0.05, 0) is 43.7 Å². The van der Waals surface area contributed by atoms with Gasteiger partial charge in [0.25, 0.3) is 0 Å². The molecule has 1 N–H and O–H groups in total. The molecule has 26 heavy (non-hydrogen) atoms. The van der Waals surface area contributed by atoms with Gasteiger partial charge in [0, 0.05) is 12.7 Å². The predicted molar refractivity (Wildman–Crippen MR) is 102 cm³/mol. The summed E-state index contributed by atoms with van der Waals surface area (Å²) in [5.74, 6) is -0.0181. The Morgan fingerprint density at radius 3 is 2.54 bits per heavy atom. The number of ether oxygens (including phenoxy) is 1. The van der Waals surface area contributed by atoms with E-state index in [-0.39, 0.29) is 16.5 Å². The van der Waals surface area contributed by atoms with Gasteiger partial charge in [-0.15, -0.1) is 0 Å². The van der Waals surface area contributed by atoms with Gasteiger partial charge in [-0.2, -0.15) is 4.31 Å². The van der Waals surface area contributed by atoms with Crippen LogP contribution in [-0.4, -0.2) is 38.8 Å². The van der Waals surface area contributed by atoms with Gasteiger partial charge in [0.1, 0.15) is 5.75 Å². The number of nitrogens with one attached hydrogen (secondary N) is 1. The van der Waals surface area contributed by atoms with Crippen LogP contribution in [0.5, 0.6) is 5.75 Å². The lowest BCUT2D eigenvalue weighted by atomic mass is 10.2. The van der Waals surface area contributed by atoms with Crippen molar-refractivity contribution >= 4 is 33.2 Å². The lowest BCUT2D eigenvalue weighted by molar-refractivity contribution is -0.116. The molecule has 2 aromatic carbocycles. The molecule has 1 amide bonds. The number of sulfonamides is 1. The number of anilines is 1. The first-order valence-electron chi connectivity index (χ1n) is 8.00. The van der Waals surface area contributed by atoms with Crippen molar-refractivity contribution in [3.05, 3.63) is 53.1 Å². The molecule has 0 aliphatic heterocycles. The quantitative estimate of drug-likeness (QED) is 0.779. The predicted octanol–water partition coefficient (Wildman–Crippen LogP) is 3.31. The van der Waals surface area contributed by atoms with Gasteiger partial charge in [0.05, 0.1) is 23.1 Å². The standard InChI is InChI=1S/C18H21ClN2O4S/c1-4-25-17-10-9-14(11-15(17)19)26(23,24)21(3)12-18(22)20-16-8-6-5-7-13(16)2/h5-11H,4,12H2,1-3H3,(H,20,22). The number of rotatable bonds is 7. The number of hydrogen-bond donors (Lipinski definition) is 1. The van der Waals surface area contributed by atoms with Crippen molar-refractivity contribution in [2.45, 2.75) is 18.7 Å². The van der Waals surface area contributed by atoms with Crippen LogP contribution in [0.4, 0.5) is 5.69 Å². The zero-order chi connectivity index (χ0) is 19.3. The van der Waals surface area contributed by atoms with Gasteiger partial charge in [-0.3, -0.25) is 4.79 Å². The maximum absolute atomic E-state index is 12.7. The Kier molecular flexibility index (Phi) is 6.63. The summed E-state index contributed by atoms with van der Waals surface area (Å²) in [6.45, 7) is 3.77. The van der Waals surface area contributed by atoms with Gasteiger partial charge in [-0.1, -0.05) is 29.8 Å². The summed E-state index contributed by atoms with van der Waals surface area (Å²) in [5, 5.41) is 2.91. The van der Waals surface area contributed by atoms with Crippen molar-refractivity contribution in [3.8, 4) is 5.75 Å². The van der Waals surface area contributed by atoms with E-state index >= 15 is 0 Å². The highest BCUT2D eigenvalue weighted by atomic mass is 35.5. The second kappa shape index (κ2) is 8.53. The second-order valence-electron chi connectivity index (χ2n) is 5.65. The average molecular weight is 397 g/mol. The molecule has 0 saturated heterocycles. The number of carbonyl (C=O) groups excluding carboxylic acids is 1. The van der Waals surface area contributed by atoms with E-state index in [9.17, 15) is 13.2 Å². The molecule has 0 fully saturated rings. The molecule has 0 unspecified atom stereocenters. The van der Waals surface area contributed by atoms with Crippen LogP contribution in [-0.2, 0) is 14.8 Å². The monoisotopic (exact) mass is 396 g/mol. The largest absolute Gasteiger partial charge is 0.492 e. The molecule has 2 rings (SSSR count). The van der Waals surface area contributed by atoms with Crippen molar-refractivity contribution in [3.63, 3.8) is 0 Å². The summed E-state index contributed by atoms with van der Waals surface area (Å²) < 4.78 is 31.6. The van der Waals surface area contributed by atoms with E-state index in [0.29, 0.717) is 18.0 Å². The van der Waals surface area contributed by atoms with E-state index in [1.165, 1.54) is 25.2 Å². The van der Waals surface area contributed by atoms with Gasteiger partial charge in [-0.25, -0.2) is 8.42 Å². The van der Waals surface area contributed by atoms with Gasteiger partial charge < -0.3 is 10.1 Å². The Hall–Kier alpha value is -2.09. The van der Waals surface area contributed by atoms with Crippen molar-refractivity contribution in [2.75, 3.05) is 25.5 Å². The molecular weight excluding hydrogens is 376 g/mol. The van der Waals surface area contributed by atoms with Crippen molar-refractivity contribution < 1.29 is 17.9 Å². The Morgan fingerprint density at radius 1 is 1.23 bits per heavy atom. The van der Waals surface area contributed by atoms with Crippen LogP contribution in [0.2, 0.25) is 5.02 Å². The number of carbonyl (C=O) groups is 1. The SMILES string of the molecule is CCOc1ccc(S(=O)(=O)N(C)CC(=O)Nc2ccccc2C)cc1Cl. The fourth-order valence-corrected chi connectivity index (χ4v) is 3.74. The summed E-state index contributed by atoms with van der Waals surface area (Å²) in [6, 6.07) is 11.5. The molecule has 0 saturated carbocycles. The van der Waals surface area contributed by atoms with E-state index in [0.717, 1.165) is 9.87 Å². The van der Waals surface area contributed by atoms with Gasteiger partial charge >= 0.3 is 0 Å². The normalized spacial score (nSPS) is 11.4. The topological polar surface area (TPSA) is 75.7 Å². The highest BCUT2D eigenvalue weighted by Crippen LogP contribution is 2.28. The summed E-state index contributed by atoms with van der Waals surface area (Å²) in [5.41, 5.74) is 1.54. The maximum atomic E-state index is 12.7. The van der Waals surface area contributed by atoms with Crippen LogP contribution in [0, 0.1) is 6.92 Å². The van der Waals surface area contributed by atoms with Crippen molar-refractivity contribution in [2.24, 2.45) is 0 Å². The van der Waals surface area contributed by atoms with E-state index in [4.69, 9.17) is 16.3 Å². The lowest BCUT2D eigenvalue weighted by Crippen LogP contribution is -2.35. The Balaban J connectivity index is 2.12. The highest BCUT2D eigenvalue weighted by molar-refractivity contribution is 7.89. The number of hydrogen-bond acceptors (Lipinski definition) is 4. The third-order valence-electron chi connectivity index (χ3n) is 3.70. The van der Waals surface area contributed by atoms with E-state index in [1.807, 2.05) is 26.0 Å². The number of halogens is 1. The fraction of sp³-hybridized carbons (Fsp3) is 0.278. The number of para-hydroxylation sites is 1. The van der Waals surface area contributed by atoms with E-state index < -0.39 is 15.9 Å². The number of amides is 1. The number of benzene rings is 2. The number of nitrogens with zero attached hydrogens (tertiary/aromatic N) is 1. The smallest absolute Gasteiger partial charge is 0.243 e. The molecule has 8 heteroatoms. The fourth-order valence-electron chi connectivity index (χ4n) is 2.28. The molecule has 0 atom stereocenters. The van der Waals surface area contributed by atoms with E-state index in [1.54, 1.807) is 12.1 Å². The van der Waals surface area contributed by atoms with Crippen LogP contribution in [0.1, 0.15) is 12.5 Å². The molecular formula is C18H21ClN2O4S. The summed E-state index contributed by atoms with van der Waals surface area (Å²) in [4.78, 5) is 12.2. The second-order valence-corrected chi connectivity index (χ2v) is 8.10. The first-order valence-corrected chi connectivity index (χ1v) is 9.81. The molecule has 140 valence electrons. The minimum Gasteiger partial charge on any atom is -0.492 e. The minimum absolute atomic E-state index is 0.00264. The third-order valence-corrected chi connectivity index (χ3v) is 5.79. The van der Waals surface area contributed by atoms with Gasteiger partial charge in [0.15, 0.2) is 0 Å². The van der Waals surface area contributed by atoms with Crippen molar-refractivity contribution in [1.29, 1.82) is 0 Å². The number of likely N-dealkylation sites (N-methyl/N-ethyl adjacent to an activating group) is 1. The highest BCUT2D eigenvalue weighted by Gasteiger charge is 2.24. The summed E-state index contributed by atoms with van der Waals surface area (Å²) in [7, 11) is -2.51. The molecule has 6 nitrogen and oxygen atoms in total. The lowest BCUT2D eigenvalue weighted by Gasteiger charge is -2.18. The molecule has 0 aromatic heterocycles. The molecule has 0 aliphatic rings. The number of aryl methyl sites for hydroxylation is 1. The third kappa shape index (κ3) is 4.75. The van der Waals surface area contributed by atoms with Crippen LogP contribution in [0.3, 0.4) is 0 Å². The molecule has 0 bridgehead atoms. The summed E-state index contributed by atoms with van der Waals surface area (Å²) >= 11 is 6.06. The van der Waals surface area contributed by atoms with Crippen LogP contribution in [0.25, 0.3) is 0 Å². The molecule has 0 radical (unpaired) electrons. The zero-order valence-electron chi connectivity index (χ0n) is 14.8. The Bertz CT molecular complexity index is 900. The van der Waals surface area contributed by atoms with Crippen LogP contribution >= 0.6 is 11.6 Å². The van der Waals surface area contributed by atoms with Crippen LogP contribution in [0.15, 0.2) is 47.4 Å².